The first kappa shape index (κ1) is 89.5. The van der Waals surface area contributed by atoms with Crippen molar-refractivity contribution in [3.8, 4) is 23.0 Å². The van der Waals surface area contributed by atoms with Gasteiger partial charge in [0, 0.05) is 87.4 Å². The molecule has 0 spiro atoms. The maximum absolute atomic E-state index is 12.0. The molecule has 9 aromatic carbocycles. The summed E-state index contributed by atoms with van der Waals surface area (Å²) >= 11 is 0. The predicted molar refractivity (Wildman–Crippen MR) is 454 cm³/mol. The number of aryl methyl sites for hydroxylation is 2. The first-order chi connectivity index (χ1) is 57.3. The summed E-state index contributed by atoms with van der Waals surface area (Å²) < 4.78 is 0. The maximum atomic E-state index is 12.0. The molecule has 0 aliphatic carbocycles. The number of nitrogens with zero attached hydrogens (tertiary/aromatic N) is 11. The van der Waals surface area contributed by atoms with Gasteiger partial charge in [-0.1, -0.05) is 133 Å². The van der Waals surface area contributed by atoms with Crippen molar-refractivity contribution in [2.75, 3.05) is 0 Å². The number of nitrogens with one attached hydrogen (secondary N) is 6. The number of hydrogen-bond donors (Lipinski definition) is 10. The highest BCUT2D eigenvalue weighted by Crippen LogP contribution is 2.21. The Morgan fingerprint density at radius 1 is 0.319 bits per heavy atom. The van der Waals surface area contributed by atoms with Crippen LogP contribution >= 0.6 is 0 Å². The van der Waals surface area contributed by atoms with Gasteiger partial charge >= 0.3 is 0 Å². The van der Waals surface area contributed by atoms with E-state index in [1.54, 1.807) is 175 Å². The van der Waals surface area contributed by atoms with Crippen LogP contribution in [0.4, 0.5) is 11.4 Å². The zero-order valence-corrected chi connectivity index (χ0v) is 65.2. The van der Waals surface area contributed by atoms with Gasteiger partial charge < -0.3 is 20.4 Å². The molecule has 3 aromatic heterocycles. The van der Waals surface area contributed by atoms with Crippen LogP contribution in [0.5, 0.6) is 23.0 Å². The molecule has 0 saturated heterocycles. The van der Waals surface area contributed by atoms with Gasteiger partial charge in [0.2, 0.25) is 0 Å². The minimum absolute atomic E-state index is 0.0332. The van der Waals surface area contributed by atoms with Crippen molar-refractivity contribution in [1.29, 1.82) is 0 Å². The average molecular weight is 1600 g/mol. The molecule has 0 radical (unpaired) electrons. The van der Waals surface area contributed by atoms with E-state index in [4.69, 9.17) is 0 Å². The lowest BCUT2D eigenvalue weighted by atomic mass is 10.1. The second kappa shape index (κ2) is 46.9. The summed E-state index contributed by atoms with van der Waals surface area (Å²) in [6.45, 7) is 12.5. The fourth-order valence-corrected chi connectivity index (χ4v) is 9.78. The molecule has 10 N–H and O–H groups in total. The lowest BCUT2D eigenvalue weighted by molar-refractivity contribution is -0.385. The molecule has 0 unspecified atom stereocenters. The van der Waals surface area contributed by atoms with Crippen LogP contribution in [0.1, 0.15) is 142 Å². The number of nitro groups is 2. The third-order valence-corrected chi connectivity index (χ3v) is 16.1. The number of phenolic OH excluding ortho intramolecular Hbond substituents is 4. The quantitative estimate of drug-likeness (QED) is 0.0192. The van der Waals surface area contributed by atoms with E-state index in [0.717, 1.165) is 28.6 Å². The van der Waals surface area contributed by atoms with E-state index in [1.165, 1.54) is 66.9 Å². The Morgan fingerprint density at radius 3 is 1.03 bits per heavy atom. The number of rotatable bonds is 20. The van der Waals surface area contributed by atoms with Gasteiger partial charge in [-0.2, -0.15) is 30.6 Å². The third kappa shape index (κ3) is 29.7. The van der Waals surface area contributed by atoms with Crippen LogP contribution in [0, 0.1) is 34.1 Å². The number of non-ortho nitro benzene ring substituents is 2. The zero-order valence-electron chi connectivity index (χ0n) is 65.2. The number of amides is 6. The van der Waals surface area contributed by atoms with Crippen LogP contribution in [0.25, 0.3) is 0 Å². The number of phenols is 4. The van der Waals surface area contributed by atoms with E-state index < -0.39 is 27.6 Å². The number of pyridine rings is 3. The van der Waals surface area contributed by atoms with Gasteiger partial charge in [-0.05, 0) is 181 Å². The van der Waals surface area contributed by atoms with Gasteiger partial charge in [0.25, 0.3) is 46.8 Å². The molecule has 119 heavy (non-hydrogen) atoms. The fraction of sp³-hybridized carbons (Fsp3) is 0.0795. The average Bonchev–Trinajstić information content (AvgIpc) is 0.865. The lowest BCUT2D eigenvalue weighted by Crippen LogP contribution is -2.20. The van der Waals surface area contributed by atoms with Crippen LogP contribution in [0.2, 0.25) is 0 Å². The largest absolute Gasteiger partial charge is 0.507 e. The van der Waals surface area contributed by atoms with Crippen molar-refractivity contribution in [2.24, 2.45) is 30.6 Å². The molecule has 0 atom stereocenters. The third-order valence-electron chi connectivity index (χ3n) is 16.1. The Kier molecular flexibility index (Phi) is 35.3. The lowest BCUT2D eigenvalue weighted by Gasteiger charge is -2.05. The molecule has 12 rings (SSSR count). The summed E-state index contributed by atoms with van der Waals surface area (Å²) in [7, 11) is 0. The van der Waals surface area contributed by atoms with Crippen molar-refractivity contribution in [3.05, 3.63) is 396 Å². The number of carbonyl (C=O) groups is 6. The van der Waals surface area contributed by atoms with E-state index >= 15 is 0 Å². The monoisotopic (exact) mass is 1600 g/mol. The molecule has 0 aliphatic heterocycles. The first-order valence-corrected chi connectivity index (χ1v) is 35.9. The Hall–Kier alpha value is -16.7. The standard InChI is InChI=1S/C16H16N2O2.C15H15N3O.C15H14N2O3.C14H12N4O3.C14H11N3O4.C14H13N3O/c1-11-6-5-7-13(10-11)16(20)18-17-12(2)14-8-3-4-9-15(14)19;1-11-7-3-4-8-13(11)15(19)18-17-12(2)14-9-5-6-10-16-14;1-10(11-6-2-4-8-13(11)18)16-17-15(20)12-7-3-5-9-14(12)19;1-10(13-7-2-3-8-15-13)16-17-14(19)11-5-4-6-12(9-11)18(20)21;18-13-7-2-1-4-11(13)9-15-16-14(19)10-5-3-6-12(8-10)17(20)21;1-11(13-9-5-6-10-15-13)16-17-14(18)12-7-3-2-4-8-12/h3-10,19H,1-2H3,(H,18,20);3-10H,1-2H3,(H,18,19);2-9,18-19H,1H3,(H,17,20);2-9H,1H3,(H,17,19);1-9,18H,(H,16,19);2-10H,1H3,(H,17,18)/b2*17-12+;2*16-10+;15-9+;16-11-. The number of hydrogen-bond acceptors (Lipinski definition) is 23. The van der Waals surface area contributed by atoms with E-state index in [0.29, 0.717) is 67.6 Å². The Labute approximate surface area is 683 Å². The number of aromatic hydroxyl groups is 4. The van der Waals surface area contributed by atoms with Gasteiger partial charge in [0.1, 0.15) is 23.0 Å². The highest BCUT2D eigenvalue weighted by atomic mass is 16.6. The number of aromatic nitrogens is 3. The zero-order chi connectivity index (χ0) is 86.0. The van der Waals surface area contributed by atoms with E-state index in [2.05, 4.69) is 78.1 Å². The molecule has 0 fully saturated rings. The number of benzene rings is 9. The van der Waals surface area contributed by atoms with Crippen LogP contribution in [-0.4, -0.2) is 115 Å². The van der Waals surface area contributed by atoms with E-state index in [9.17, 15) is 69.4 Å². The number of para-hydroxylation sites is 4. The second-order valence-corrected chi connectivity index (χ2v) is 24.8. The molecule has 31 nitrogen and oxygen atoms in total. The Morgan fingerprint density at radius 2 is 0.639 bits per heavy atom. The smallest absolute Gasteiger partial charge is 0.275 e. The predicted octanol–water partition coefficient (Wildman–Crippen LogP) is 14.1. The summed E-state index contributed by atoms with van der Waals surface area (Å²) in [6.07, 6.45) is 6.28. The molecular weight excluding hydrogens is 1520 g/mol. The molecule has 0 aliphatic rings. The Bertz CT molecular complexity index is 5700. The summed E-state index contributed by atoms with van der Waals surface area (Å²) in [6, 6.07) is 77.1. The van der Waals surface area contributed by atoms with E-state index in [-0.39, 0.29) is 68.8 Å². The normalized spacial score (nSPS) is 11.0. The van der Waals surface area contributed by atoms with Gasteiger partial charge in [-0.25, -0.2) is 32.6 Å². The van der Waals surface area contributed by atoms with Crippen LogP contribution in [-0.2, 0) is 0 Å². The number of hydrazone groups is 6. The molecular formula is C88H81N17O14. The Balaban J connectivity index is 0.000000197. The maximum Gasteiger partial charge on any atom is 0.275 e. The molecule has 602 valence electrons. The summed E-state index contributed by atoms with van der Waals surface area (Å²) in [4.78, 5) is 104. The van der Waals surface area contributed by atoms with Gasteiger partial charge in [0.15, 0.2) is 0 Å². The molecule has 3 heterocycles. The summed E-state index contributed by atoms with van der Waals surface area (Å²) in [5, 5.41) is 83.4. The number of carbonyl (C=O) groups excluding carboxylic acids is 6. The molecule has 31 heteroatoms. The fourth-order valence-electron chi connectivity index (χ4n) is 9.78. The van der Waals surface area contributed by atoms with Crippen LogP contribution in [0.3, 0.4) is 0 Å². The first-order valence-electron chi connectivity index (χ1n) is 35.9. The molecule has 6 amide bonds. The van der Waals surface area contributed by atoms with Gasteiger partial charge in [-0.15, -0.1) is 0 Å². The SMILES string of the molecule is C/C(=N/NC(=O)c1ccccc1)c1ccccn1.C/C(=N\NC(=O)c1cccc(C)c1)c1ccccc1O.C/C(=N\NC(=O)c1cccc([N+](=O)[O-])c1)c1ccccn1.C/C(=N\NC(=O)c1ccccc1C)c1ccccn1.C/C(=N\NC(=O)c1ccccc1O)c1ccccc1O.O=C(N/N=C/c1ccccc1O)c1cccc([N+](=O)[O-])c1. The second-order valence-electron chi connectivity index (χ2n) is 24.8. The number of nitro benzene ring substituents is 2. The van der Waals surface area contributed by atoms with Crippen molar-refractivity contribution >= 4 is 81.6 Å². The van der Waals surface area contributed by atoms with Crippen molar-refractivity contribution in [3.63, 3.8) is 0 Å². The van der Waals surface area contributed by atoms with Crippen molar-refractivity contribution in [2.45, 2.75) is 48.5 Å². The van der Waals surface area contributed by atoms with Crippen LogP contribution in [0.15, 0.2) is 328 Å². The highest BCUT2D eigenvalue weighted by Gasteiger charge is 2.16. The minimum Gasteiger partial charge on any atom is -0.507 e. The molecule has 0 saturated carbocycles. The summed E-state index contributed by atoms with van der Waals surface area (Å²) in [5.74, 6) is -2.18. The van der Waals surface area contributed by atoms with Crippen molar-refractivity contribution < 1.29 is 59.0 Å². The minimum atomic E-state index is -0.581. The van der Waals surface area contributed by atoms with E-state index in [1.807, 2.05) is 105 Å². The van der Waals surface area contributed by atoms with Crippen molar-refractivity contribution in [1.82, 2.24) is 47.5 Å². The summed E-state index contributed by atoms with van der Waals surface area (Å²) in [5.41, 5.74) is 24.9. The molecule has 12 aromatic rings. The molecule has 0 bridgehead atoms. The van der Waals surface area contributed by atoms with Gasteiger partial charge in [-0.3, -0.25) is 63.9 Å². The van der Waals surface area contributed by atoms with Crippen LogP contribution < -0.4 is 32.6 Å². The highest BCUT2D eigenvalue weighted by molar-refractivity contribution is 6.05. The topological polar surface area (TPSA) is 455 Å². The van der Waals surface area contributed by atoms with Gasteiger partial charge in [0.05, 0.1) is 67.3 Å².